The van der Waals surface area contributed by atoms with E-state index in [2.05, 4.69) is 43.7 Å². The number of ether oxygens (including phenoxy) is 1. The molecule has 5 heterocycles. The standard InChI is InChI=1S/C23H30N4O3S2/c28-21(26-10-12-30-13-11-26)16-24-6-8-25(9-7-24)17-22(29)27-5-3-19-18(4-15-32-19)23(27)20-2-1-14-31-20/h1-2,4,14-15,23H,3,5-13,16-17H2. The summed E-state index contributed by atoms with van der Waals surface area (Å²) in [5.74, 6) is 0.398. The summed E-state index contributed by atoms with van der Waals surface area (Å²) < 4.78 is 5.34. The predicted molar refractivity (Wildman–Crippen MR) is 126 cm³/mol. The summed E-state index contributed by atoms with van der Waals surface area (Å²) in [5.41, 5.74) is 1.29. The lowest BCUT2D eigenvalue weighted by Crippen LogP contribution is -2.53. The van der Waals surface area contributed by atoms with Gasteiger partial charge in [-0.2, -0.15) is 0 Å². The van der Waals surface area contributed by atoms with Gasteiger partial charge >= 0.3 is 0 Å². The van der Waals surface area contributed by atoms with Crippen LogP contribution < -0.4 is 0 Å². The van der Waals surface area contributed by atoms with E-state index in [0.29, 0.717) is 39.4 Å². The van der Waals surface area contributed by atoms with Crippen LogP contribution in [0.5, 0.6) is 0 Å². The fourth-order valence-corrected chi connectivity index (χ4v) is 6.59. The molecule has 0 aromatic carbocycles. The number of nitrogens with zero attached hydrogens (tertiary/aromatic N) is 4. The van der Waals surface area contributed by atoms with Crippen LogP contribution in [0.25, 0.3) is 0 Å². The van der Waals surface area contributed by atoms with Gasteiger partial charge in [0.15, 0.2) is 0 Å². The molecule has 1 unspecified atom stereocenters. The van der Waals surface area contributed by atoms with Crippen molar-refractivity contribution in [3.8, 4) is 0 Å². The smallest absolute Gasteiger partial charge is 0.237 e. The zero-order valence-corrected chi connectivity index (χ0v) is 19.9. The van der Waals surface area contributed by atoms with Gasteiger partial charge in [0.1, 0.15) is 0 Å². The fourth-order valence-electron chi connectivity index (χ4n) is 4.83. The largest absolute Gasteiger partial charge is 0.378 e. The highest BCUT2D eigenvalue weighted by Gasteiger charge is 2.34. The first kappa shape index (κ1) is 22.0. The lowest BCUT2D eigenvalue weighted by molar-refractivity contribution is -0.138. The van der Waals surface area contributed by atoms with Gasteiger partial charge in [0.25, 0.3) is 0 Å². The van der Waals surface area contributed by atoms with Gasteiger partial charge in [-0.05, 0) is 34.9 Å². The summed E-state index contributed by atoms with van der Waals surface area (Å²) in [6.07, 6.45) is 0.943. The van der Waals surface area contributed by atoms with Gasteiger partial charge in [-0.1, -0.05) is 6.07 Å². The van der Waals surface area contributed by atoms with Crippen molar-refractivity contribution in [3.05, 3.63) is 44.3 Å². The average molecular weight is 475 g/mol. The zero-order chi connectivity index (χ0) is 21.9. The molecule has 0 aliphatic carbocycles. The zero-order valence-electron chi connectivity index (χ0n) is 18.3. The van der Waals surface area contributed by atoms with E-state index in [-0.39, 0.29) is 17.9 Å². The second-order valence-electron chi connectivity index (χ2n) is 8.60. The average Bonchev–Trinajstić information content (AvgIpc) is 3.52. The monoisotopic (exact) mass is 474 g/mol. The Balaban J connectivity index is 1.16. The van der Waals surface area contributed by atoms with Crippen molar-refractivity contribution in [1.29, 1.82) is 0 Å². The Hall–Kier alpha value is -1.78. The minimum absolute atomic E-state index is 0.0462. The number of fused-ring (bicyclic) bond motifs is 1. The minimum Gasteiger partial charge on any atom is -0.378 e. The molecule has 0 saturated carbocycles. The van der Waals surface area contributed by atoms with Crippen molar-refractivity contribution in [3.63, 3.8) is 0 Å². The molecule has 3 aliphatic heterocycles. The molecule has 1 atom stereocenters. The molecule has 2 aromatic rings. The van der Waals surface area contributed by atoms with Gasteiger partial charge in [0.05, 0.1) is 32.3 Å². The Morgan fingerprint density at radius 3 is 2.28 bits per heavy atom. The second-order valence-corrected chi connectivity index (χ2v) is 10.6. The topological polar surface area (TPSA) is 56.3 Å². The van der Waals surface area contributed by atoms with Crippen LogP contribution in [0.2, 0.25) is 0 Å². The van der Waals surface area contributed by atoms with Gasteiger partial charge in [-0.3, -0.25) is 19.4 Å². The molecular weight excluding hydrogens is 444 g/mol. The van der Waals surface area contributed by atoms with Crippen molar-refractivity contribution < 1.29 is 14.3 Å². The van der Waals surface area contributed by atoms with Crippen LogP contribution in [0.15, 0.2) is 29.0 Å². The van der Waals surface area contributed by atoms with Crippen LogP contribution >= 0.6 is 22.7 Å². The molecule has 5 rings (SSSR count). The van der Waals surface area contributed by atoms with E-state index in [1.807, 2.05) is 4.90 Å². The number of hydrogen-bond acceptors (Lipinski definition) is 7. The predicted octanol–water partition coefficient (Wildman–Crippen LogP) is 1.76. The fraction of sp³-hybridized carbons (Fsp3) is 0.565. The number of morpholine rings is 1. The molecule has 3 aliphatic rings. The van der Waals surface area contributed by atoms with Gasteiger partial charge < -0.3 is 14.5 Å². The van der Waals surface area contributed by atoms with E-state index in [1.165, 1.54) is 15.3 Å². The first-order valence-electron chi connectivity index (χ1n) is 11.4. The highest BCUT2D eigenvalue weighted by molar-refractivity contribution is 7.10. The first-order chi connectivity index (χ1) is 15.7. The molecule has 32 heavy (non-hydrogen) atoms. The summed E-state index contributed by atoms with van der Waals surface area (Å²) in [4.78, 5) is 37.0. The number of thiophene rings is 2. The highest BCUT2D eigenvalue weighted by atomic mass is 32.1. The number of amides is 2. The highest BCUT2D eigenvalue weighted by Crippen LogP contribution is 2.39. The Labute approximate surface area is 197 Å². The molecule has 0 bridgehead atoms. The van der Waals surface area contributed by atoms with Crippen molar-refractivity contribution >= 4 is 34.5 Å². The Morgan fingerprint density at radius 1 is 0.875 bits per heavy atom. The molecule has 0 spiro atoms. The minimum atomic E-state index is 0.0462. The Morgan fingerprint density at radius 2 is 1.59 bits per heavy atom. The molecule has 7 nitrogen and oxygen atoms in total. The quantitative estimate of drug-likeness (QED) is 0.661. The van der Waals surface area contributed by atoms with E-state index < -0.39 is 0 Å². The maximum atomic E-state index is 13.4. The maximum absolute atomic E-state index is 13.4. The molecule has 172 valence electrons. The molecular formula is C23H30N4O3S2. The first-order valence-corrected chi connectivity index (χ1v) is 13.1. The van der Waals surface area contributed by atoms with Crippen molar-refractivity contribution in [1.82, 2.24) is 19.6 Å². The van der Waals surface area contributed by atoms with Gasteiger partial charge in [0.2, 0.25) is 11.8 Å². The molecule has 2 aromatic heterocycles. The second kappa shape index (κ2) is 10.0. The van der Waals surface area contributed by atoms with Crippen LogP contribution in [0.1, 0.15) is 21.4 Å². The van der Waals surface area contributed by atoms with Crippen molar-refractivity contribution in [2.24, 2.45) is 0 Å². The third kappa shape index (κ3) is 4.77. The Bertz CT molecular complexity index is 918. The van der Waals surface area contributed by atoms with Crippen molar-refractivity contribution in [2.75, 3.05) is 72.1 Å². The summed E-state index contributed by atoms with van der Waals surface area (Å²) in [7, 11) is 0. The maximum Gasteiger partial charge on any atom is 0.237 e. The SMILES string of the molecule is O=C(CN1CCN(CC(=O)N2CCc3sccc3C2c2cccs2)CC1)N1CCOCC1. The molecule has 2 saturated heterocycles. The molecule has 2 amide bonds. The third-order valence-corrected chi connectivity index (χ3v) is 8.57. The summed E-state index contributed by atoms with van der Waals surface area (Å²) in [5, 5.41) is 4.24. The number of carbonyl (C=O) groups is 2. The number of rotatable bonds is 5. The molecule has 2 fully saturated rings. The lowest BCUT2D eigenvalue weighted by Gasteiger charge is -2.39. The van der Waals surface area contributed by atoms with Gasteiger partial charge in [0, 0.05) is 55.6 Å². The number of piperazine rings is 1. The number of hydrogen-bond donors (Lipinski definition) is 0. The molecule has 9 heteroatoms. The van der Waals surface area contributed by atoms with Gasteiger partial charge in [-0.15, -0.1) is 22.7 Å². The lowest BCUT2D eigenvalue weighted by atomic mass is 9.98. The van der Waals surface area contributed by atoms with E-state index in [4.69, 9.17) is 4.74 Å². The normalized spacial score (nSPS) is 22.7. The van der Waals surface area contributed by atoms with E-state index >= 15 is 0 Å². The van der Waals surface area contributed by atoms with Crippen LogP contribution in [0, 0.1) is 0 Å². The summed E-state index contributed by atoms with van der Waals surface area (Å²) in [6, 6.07) is 6.45. The van der Waals surface area contributed by atoms with E-state index in [0.717, 1.165) is 39.1 Å². The van der Waals surface area contributed by atoms with E-state index in [9.17, 15) is 9.59 Å². The summed E-state index contributed by atoms with van der Waals surface area (Å²) in [6.45, 7) is 7.66. The van der Waals surface area contributed by atoms with Crippen molar-refractivity contribution in [2.45, 2.75) is 12.5 Å². The van der Waals surface area contributed by atoms with Gasteiger partial charge in [-0.25, -0.2) is 0 Å². The third-order valence-electron chi connectivity index (χ3n) is 6.65. The number of carbonyl (C=O) groups excluding carboxylic acids is 2. The molecule has 0 N–H and O–H groups in total. The van der Waals surface area contributed by atoms with Crippen LogP contribution in [-0.2, 0) is 20.7 Å². The molecule has 0 radical (unpaired) electrons. The van der Waals surface area contributed by atoms with Crippen LogP contribution in [0.4, 0.5) is 0 Å². The Kier molecular flexibility index (Phi) is 6.89. The van der Waals surface area contributed by atoms with E-state index in [1.54, 1.807) is 22.7 Å². The summed E-state index contributed by atoms with van der Waals surface area (Å²) >= 11 is 3.53. The van der Waals surface area contributed by atoms with Crippen LogP contribution in [-0.4, -0.2) is 104 Å². The van der Waals surface area contributed by atoms with Crippen LogP contribution in [0.3, 0.4) is 0 Å².